The fourth-order valence-corrected chi connectivity index (χ4v) is 2.31. The van der Waals surface area contributed by atoms with E-state index in [1.807, 2.05) is 19.3 Å². The van der Waals surface area contributed by atoms with Gasteiger partial charge in [0.05, 0.1) is 0 Å². The lowest BCUT2D eigenvalue weighted by atomic mass is 10.0. The molecule has 4 nitrogen and oxygen atoms in total. The molecule has 18 heavy (non-hydrogen) atoms. The largest absolute Gasteiger partial charge is 0.354 e. The predicted molar refractivity (Wildman–Crippen MR) is 76.0 cm³/mol. The number of rotatable bonds is 4. The quantitative estimate of drug-likeness (QED) is 0.867. The van der Waals surface area contributed by atoms with Gasteiger partial charge in [-0.2, -0.15) is 0 Å². The molecular formula is C14H24N4. The SMILES string of the molecule is CNC(C)(C)CN1CCN(c2ccccn2)CC1. The van der Waals surface area contributed by atoms with E-state index in [-0.39, 0.29) is 5.54 Å². The third kappa shape index (κ3) is 3.43. The van der Waals surface area contributed by atoms with Crippen LogP contribution in [0.4, 0.5) is 5.82 Å². The van der Waals surface area contributed by atoms with Crippen molar-refractivity contribution in [2.24, 2.45) is 0 Å². The normalized spacial score (nSPS) is 18.1. The Labute approximate surface area is 110 Å². The summed E-state index contributed by atoms with van der Waals surface area (Å²) in [5, 5.41) is 3.36. The van der Waals surface area contributed by atoms with E-state index in [2.05, 4.69) is 46.1 Å². The van der Waals surface area contributed by atoms with Crippen molar-refractivity contribution >= 4 is 5.82 Å². The molecule has 1 fully saturated rings. The number of piperazine rings is 1. The summed E-state index contributed by atoms with van der Waals surface area (Å²) in [4.78, 5) is 9.30. The van der Waals surface area contributed by atoms with Gasteiger partial charge in [0.1, 0.15) is 5.82 Å². The molecule has 1 aromatic heterocycles. The van der Waals surface area contributed by atoms with Crippen LogP contribution < -0.4 is 10.2 Å². The number of nitrogens with one attached hydrogen (secondary N) is 1. The smallest absolute Gasteiger partial charge is 0.128 e. The van der Waals surface area contributed by atoms with E-state index < -0.39 is 0 Å². The van der Waals surface area contributed by atoms with Gasteiger partial charge in [-0.05, 0) is 33.0 Å². The van der Waals surface area contributed by atoms with Gasteiger partial charge in [-0.25, -0.2) is 4.98 Å². The second kappa shape index (κ2) is 5.67. The van der Waals surface area contributed by atoms with Crippen LogP contribution in [0.5, 0.6) is 0 Å². The molecule has 0 saturated carbocycles. The lowest BCUT2D eigenvalue weighted by Gasteiger charge is -2.39. The highest BCUT2D eigenvalue weighted by atomic mass is 15.3. The summed E-state index contributed by atoms with van der Waals surface area (Å²) in [5.41, 5.74) is 0.188. The number of hydrogen-bond donors (Lipinski definition) is 1. The number of anilines is 1. The molecule has 2 rings (SSSR count). The summed E-state index contributed by atoms with van der Waals surface area (Å²) in [7, 11) is 2.03. The Bertz CT molecular complexity index is 355. The number of aromatic nitrogens is 1. The van der Waals surface area contributed by atoms with Gasteiger partial charge in [0, 0.05) is 44.5 Å². The highest BCUT2D eigenvalue weighted by molar-refractivity contribution is 5.38. The zero-order chi connectivity index (χ0) is 13.0. The topological polar surface area (TPSA) is 31.4 Å². The molecule has 0 amide bonds. The molecule has 0 radical (unpaired) electrons. The molecule has 0 spiro atoms. The Morgan fingerprint density at radius 2 is 1.94 bits per heavy atom. The maximum absolute atomic E-state index is 4.41. The fraction of sp³-hybridized carbons (Fsp3) is 0.643. The minimum absolute atomic E-state index is 0.188. The van der Waals surface area contributed by atoms with Crippen LogP contribution in [0.3, 0.4) is 0 Å². The lowest BCUT2D eigenvalue weighted by molar-refractivity contribution is 0.197. The van der Waals surface area contributed by atoms with E-state index in [1.54, 1.807) is 0 Å². The Kier molecular flexibility index (Phi) is 4.19. The van der Waals surface area contributed by atoms with Crippen LogP contribution in [0.2, 0.25) is 0 Å². The van der Waals surface area contributed by atoms with Crippen molar-refractivity contribution < 1.29 is 0 Å². The number of hydrogen-bond acceptors (Lipinski definition) is 4. The maximum atomic E-state index is 4.41. The van der Waals surface area contributed by atoms with Gasteiger partial charge in [-0.3, -0.25) is 4.90 Å². The van der Waals surface area contributed by atoms with Crippen molar-refractivity contribution in [3.8, 4) is 0 Å². The van der Waals surface area contributed by atoms with Crippen molar-refractivity contribution in [2.75, 3.05) is 44.7 Å². The Balaban J connectivity index is 1.85. The summed E-state index contributed by atoms with van der Waals surface area (Å²) < 4.78 is 0. The van der Waals surface area contributed by atoms with E-state index >= 15 is 0 Å². The van der Waals surface area contributed by atoms with Crippen molar-refractivity contribution in [1.82, 2.24) is 15.2 Å². The van der Waals surface area contributed by atoms with Gasteiger partial charge in [-0.15, -0.1) is 0 Å². The summed E-state index contributed by atoms with van der Waals surface area (Å²) in [6.45, 7) is 9.95. The minimum atomic E-state index is 0.188. The summed E-state index contributed by atoms with van der Waals surface area (Å²) >= 11 is 0. The molecule has 2 heterocycles. The average Bonchev–Trinajstić information content (AvgIpc) is 2.40. The van der Waals surface area contributed by atoms with Crippen LogP contribution in [-0.4, -0.2) is 55.2 Å². The first-order chi connectivity index (χ1) is 8.61. The van der Waals surface area contributed by atoms with E-state index in [0.717, 1.165) is 38.5 Å². The second-order valence-corrected chi connectivity index (χ2v) is 5.59. The first-order valence-corrected chi connectivity index (χ1v) is 6.68. The molecule has 0 bridgehead atoms. The van der Waals surface area contributed by atoms with Crippen LogP contribution in [0.15, 0.2) is 24.4 Å². The van der Waals surface area contributed by atoms with Crippen LogP contribution in [0.1, 0.15) is 13.8 Å². The van der Waals surface area contributed by atoms with Crippen LogP contribution in [-0.2, 0) is 0 Å². The zero-order valence-electron chi connectivity index (χ0n) is 11.7. The van der Waals surface area contributed by atoms with Gasteiger partial charge >= 0.3 is 0 Å². The Morgan fingerprint density at radius 3 is 2.50 bits per heavy atom. The average molecular weight is 248 g/mol. The molecule has 0 aliphatic carbocycles. The van der Waals surface area contributed by atoms with Crippen LogP contribution in [0, 0.1) is 0 Å². The van der Waals surface area contributed by atoms with E-state index in [1.165, 1.54) is 0 Å². The van der Waals surface area contributed by atoms with Gasteiger partial charge in [0.25, 0.3) is 0 Å². The first kappa shape index (κ1) is 13.3. The van der Waals surface area contributed by atoms with Crippen LogP contribution in [0.25, 0.3) is 0 Å². The predicted octanol–water partition coefficient (Wildman–Crippen LogP) is 1.20. The highest BCUT2D eigenvalue weighted by Crippen LogP contribution is 2.14. The molecule has 1 aromatic rings. The summed E-state index contributed by atoms with van der Waals surface area (Å²) in [5.74, 6) is 1.10. The van der Waals surface area contributed by atoms with E-state index in [0.29, 0.717) is 0 Å². The molecule has 1 N–H and O–H groups in total. The first-order valence-electron chi connectivity index (χ1n) is 6.68. The molecule has 1 aliphatic heterocycles. The van der Waals surface area contributed by atoms with Gasteiger partial charge in [-0.1, -0.05) is 6.07 Å². The zero-order valence-corrected chi connectivity index (χ0v) is 11.7. The number of likely N-dealkylation sites (N-methyl/N-ethyl adjacent to an activating group) is 1. The molecule has 4 heteroatoms. The van der Waals surface area contributed by atoms with E-state index in [9.17, 15) is 0 Å². The second-order valence-electron chi connectivity index (χ2n) is 5.59. The number of pyridine rings is 1. The lowest BCUT2D eigenvalue weighted by Crippen LogP contribution is -2.54. The molecular weight excluding hydrogens is 224 g/mol. The standard InChI is InChI=1S/C14H24N4/c1-14(2,15-3)12-17-8-10-18(11-9-17)13-6-4-5-7-16-13/h4-7,15H,8-12H2,1-3H3. The highest BCUT2D eigenvalue weighted by Gasteiger charge is 2.23. The molecule has 0 aromatic carbocycles. The van der Waals surface area contributed by atoms with Crippen molar-refractivity contribution in [2.45, 2.75) is 19.4 Å². The van der Waals surface area contributed by atoms with Crippen molar-refractivity contribution in [3.05, 3.63) is 24.4 Å². The fourth-order valence-electron chi connectivity index (χ4n) is 2.31. The molecule has 1 aliphatic rings. The van der Waals surface area contributed by atoms with Gasteiger partial charge in [0.15, 0.2) is 0 Å². The number of nitrogens with zero attached hydrogens (tertiary/aromatic N) is 3. The third-order valence-electron chi connectivity index (χ3n) is 3.64. The van der Waals surface area contributed by atoms with Gasteiger partial charge in [0.2, 0.25) is 0 Å². The maximum Gasteiger partial charge on any atom is 0.128 e. The Morgan fingerprint density at radius 1 is 1.22 bits per heavy atom. The monoisotopic (exact) mass is 248 g/mol. The molecule has 0 atom stereocenters. The minimum Gasteiger partial charge on any atom is -0.354 e. The molecule has 0 unspecified atom stereocenters. The molecule has 100 valence electrons. The third-order valence-corrected chi connectivity index (χ3v) is 3.64. The van der Waals surface area contributed by atoms with E-state index in [4.69, 9.17) is 0 Å². The Hall–Kier alpha value is -1.13. The summed E-state index contributed by atoms with van der Waals surface area (Å²) in [6.07, 6.45) is 1.87. The van der Waals surface area contributed by atoms with Crippen molar-refractivity contribution in [1.29, 1.82) is 0 Å². The molecule has 1 saturated heterocycles. The van der Waals surface area contributed by atoms with Crippen LogP contribution >= 0.6 is 0 Å². The van der Waals surface area contributed by atoms with Crippen molar-refractivity contribution in [3.63, 3.8) is 0 Å². The van der Waals surface area contributed by atoms with Gasteiger partial charge < -0.3 is 10.2 Å². The summed E-state index contributed by atoms with van der Waals surface area (Å²) in [6, 6.07) is 6.11.